The van der Waals surface area contributed by atoms with Crippen LogP contribution in [-0.4, -0.2) is 43.0 Å². The molecule has 2 heterocycles. The van der Waals surface area contributed by atoms with Gasteiger partial charge in [0, 0.05) is 26.2 Å². The number of anilines is 1. The number of nitrogens with zero attached hydrogens (tertiary/aromatic N) is 2. The Hall–Kier alpha value is -2.15. The predicted molar refractivity (Wildman–Crippen MR) is 105 cm³/mol. The standard InChI is InChI=1S/C19H26N4O2S/c1-13(2)11-20-17(24)18(25)21-12-14-7-9-23(10-8-14)19-22-15-5-3-4-6-16(15)26-19/h3-6,13-14H,7-12H2,1-2H3,(H,20,24)(H,21,25). The molecule has 26 heavy (non-hydrogen) atoms. The summed E-state index contributed by atoms with van der Waals surface area (Å²) in [5.41, 5.74) is 1.05. The minimum atomic E-state index is -0.536. The van der Waals surface area contributed by atoms with Gasteiger partial charge in [-0.1, -0.05) is 37.3 Å². The van der Waals surface area contributed by atoms with Gasteiger partial charge in [0.1, 0.15) is 0 Å². The molecule has 1 aliphatic heterocycles. The molecule has 0 atom stereocenters. The fraction of sp³-hybridized carbons (Fsp3) is 0.526. The van der Waals surface area contributed by atoms with Crippen molar-refractivity contribution in [1.82, 2.24) is 15.6 Å². The van der Waals surface area contributed by atoms with Crippen molar-refractivity contribution < 1.29 is 9.59 Å². The van der Waals surface area contributed by atoms with E-state index in [9.17, 15) is 9.59 Å². The van der Waals surface area contributed by atoms with Gasteiger partial charge in [-0.3, -0.25) is 9.59 Å². The van der Waals surface area contributed by atoms with E-state index in [2.05, 4.69) is 21.6 Å². The van der Waals surface area contributed by atoms with Crippen LogP contribution in [0, 0.1) is 11.8 Å². The van der Waals surface area contributed by atoms with E-state index in [0.29, 0.717) is 24.9 Å². The van der Waals surface area contributed by atoms with E-state index in [1.807, 2.05) is 32.0 Å². The van der Waals surface area contributed by atoms with E-state index in [-0.39, 0.29) is 0 Å². The van der Waals surface area contributed by atoms with Crippen LogP contribution < -0.4 is 15.5 Å². The number of para-hydroxylation sites is 1. The maximum atomic E-state index is 11.8. The van der Waals surface area contributed by atoms with Crippen molar-refractivity contribution in [2.24, 2.45) is 11.8 Å². The summed E-state index contributed by atoms with van der Waals surface area (Å²) in [5, 5.41) is 6.49. The third-order valence-corrected chi connectivity index (χ3v) is 5.69. The van der Waals surface area contributed by atoms with Crippen molar-refractivity contribution in [3.63, 3.8) is 0 Å². The fourth-order valence-corrected chi connectivity index (χ4v) is 4.04. The van der Waals surface area contributed by atoms with Crippen LogP contribution in [0.15, 0.2) is 24.3 Å². The van der Waals surface area contributed by atoms with Crippen LogP contribution in [0.25, 0.3) is 10.2 Å². The van der Waals surface area contributed by atoms with Gasteiger partial charge in [-0.15, -0.1) is 0 Å². The highest BCUT2D eigenvalue weighted by molar-refractivity contribution is 7.22. The molecule has 3 rings (SSSR count). The van der Waals surface area contributed by atoms with Crippen LogP contribution >= 0.6 is 11.3 Å². The van der Waals surface area contributed by atoms with Crippen LogP contribution in [0.3, 0.4) is 0 Å². The Morgan fingerprint density at radius 1 is 1.19 bits per heavy atom. The van der Waals surface area contributed by atoms with Gasteiger partial charge in [0.15, 0.2) is 5.13 Å². The van der Waals surface area contributed by atoms with Crippen LogP contribution in [-0.2, 0) is 9.59 Å². The lowest BCUT2D eigenvalue weighted by Crippen LogP contribution is -2.44. The quantitative estimate of drug-likeness (QED) is 0.788. The summed E-state index contributed by atoms with van der Waals surface area (Å²) in [6, 6.07) is 8.19. The van der Waals surface area contributed by atoms with Gasteiger partial charge < -0.3 is 15.5 Å². The second-order valence-electron chi connectivity index (χ2n) is 7.21. The van der Waals surface area contributed by atoms with Gasteiger partial charge >= 0.3 is 11.8 Å². The Kier molecular flexibility index (Phi) is 6.08. The van der Waals surface area contributed by atoms with Crippen LogP contribution in [0.1, 0.15) is 26.7 Å². The Morgan fingerprint density at radius 2 is 1.88 bits per heavy atom. The van der Waals surface area contributed by atoms with Gasteiger partial charge in [-0.05, 0) is 36.8 Å². The molecule has 0 bridgehead atoms. The van der Waals surface area contributed by atoms with Gasteiger partial charge in [0.2, 0.25) is 0 Å². The second kappa shape index (κ2) is 8.49. The Morgan fingerprint density at radius 3 is 2.58 bits per heavy atom. The number of carbonyl (C=O) groups is 2. The molecule has 1 saturated heterocycles. The van der Waals surface area contributed by atoms with E-state index in [4.69, 9.17) is 4.98 Å². The summed E-state index contributed by atoms with van der Waals surface area (Å²) >= 11 is 1.73. The van der Waals surface area contributed by atoms with Crippen molar-refractivity contribution in [2.75, 3.05) is 31.1 Å². The van der Waals surface area contributed by atoms with Gasteiger partial charge in [0.05, 0.1) is 10.2 Å². The first-order valence-corrected chi connectivity index (χ1v) is 10.0. The molecule has 1 fully saturated rings. The lowest BCUT2D eigenvalue weighted by atomic mass is 9.97. The highest BCUT2D eigenvalue weighted by Crippen LogP contribution is 2.31. The van der Waals surface area contributed by atoms with Crippen molar-refractivity contribution in [2.45, 2.75) is 26.7 Å². The zero-order chi connectivity index (χ0) is 18.5. The molecule has 1 aromatic heterocycles. The number of hydrogen-bond acceptors (Lipinski definition) is 5. The molecule has 140 valence electrons. The van der Waals surface area contributed by atoms with Gasteiger partial charge in [0.25, 0.3) is 0 Å². The number of fused-ring (bicyclic) bond motifs is 1. The normalized spacial score (nSPS) is 15.4. The molecule has 0 unspecified atom stereocenters. The fourth-order valence-electron chi connectivity index (χ4n) is 3.02. The molecule has 0 aliphatic carbocycles. The summed E-state index contributed by atoms with van der Waals surface area (Å²) in [5.74, 6) is -0.328. The molecular weight excluding hydrogens is 348 g/mol. The second-order valence-corrected chi connectivity index (χ2v) is 8.22. The largest absolute Gasteiger partial charge is 0.348 e. The number of benzene rings is 1. The van der Waals surface area contributed by atoms with Crippen molar-refractivity contribution in [1.29, 1.82) is 0 Å². The molecule has 2 amide bonds. The molecule has 6 nitrogen and oxygen atoms in total. The van der Waals surface area contributed by atoms with E-state index in [1.54, 1.807) is 11.3 Å². The van der Waals surface area contributed by atoms with E-state index in [1.165, 1.54) is 4.70 Å². The molecule has 0 radical (unpaired) electrons. The molecule has 7 heteroatoms. The molecular formula is C19H26N4O2S. The summed E-state index contributed by atoms with van der Waals surface area (Å²) in [6.07, 6.45) is 1.98. The lowest BCUT2D eigenvalue weighted by molar-refractivity contribution is -0.139. The predicted octanol–water partition coefficient (Wildman–Crippen LogP) is 2.40. The van der Waals surface area contributed by atoms with E-state index < -0.39 is 11.8 Å². The number of thiazole rings is 1. The third kappa shape index (κ3) is 4.72. The van der Waals surface area contributed by atoms with Crippen LogP contribution in [0.2, 0.25) is 0 Å². The third-order valence-electron chi connectivity index (χ3n) is 4.60. The van der Waals surface area contributed by atoms with Crippen LogP contribution in [0.4, 0.5) is 5.13 Å². The highest BCUT2D eigenvalue weighted by Gasteiger charge is 2.23. The minimum Gasteiger partial charge on any atom is -0.348 e. The maximum absolute atomic E-state index is 11.8. The Bertz CT molecular complexity index is 733. The number of carbonyl (C=O) groups excluding carboxylic acids is 2. The molecule has 2 aromatic rings. The molecule has 2 N–H and O–H groups in total. The maximum Gasteiger partial charge on any atom is 0.309 e. The first kappa shape index (κ1) is 18.6. The van der Waals surface area contributed by atoms with Crippen molar-refractivity contribution >= 4 is 38.5 Å². The smallest absolute Gasteiger partial charge is 0.309 e. The lowest BCUT2D eigenvalue weighted by Gasteiger charge is -2.31. The van der Waals surface area contributed by atoms with E-state index >= 15 is 0 Å². The topological polar surface area (TPSA) is 74.3 Å². The zero-order valence-electron chi connectivity index (χ0n) is 15.3. The minimum absolute atomic E-state index is 0.332. The Balaban J connectivity index is 1.43. The Labute approximate surface area is 158 Å². The summed E-state index contributed by atoms with van der Waals surface area (Å²) in [6.45, 7) is 6.93. The van der Waals surface area contributed by atoms with Crippen LogP contribution in [0.5, 0.6) is 0 Å². The van der Waals surface area contributed by atoms with Gasteiger partial charge in [-0.25, -0.2) is 4.98 Å². The number of nitrogens with one attached hydrogen (secondary N) is 2. The zero-order valence-corrected chi connectivity index (χ0v) is 16.1. The van der Waals surface area contributed by atoms with Crippen molar-refractivity contribution in [3.05, 3.63) is 24.3 Å². The molecule has 1 aliphatic rings. The highest BCUT2D eigenvalue weighted by atomic mass is 32.1. The molecule has 0 saturated carbocycles. The number of aromatic nitrogens is 1. The van der Waals surface area contributed by atoms with Gasteiger partial charge in [-0.2, -0.15) is 0 Å². The first-order chi connectivity index (χ1) is 12.5. The number of hydrogen-bond donors (Lipinski definition) is 2. The summed E-state index contributed by atoms with van der Waals surface area (Å²) < 4.78 is 1.21. The SMILES string of the molecule is CC(C)CNC(=O)C(=O)NCC1CCN(c2nc3ccccc3s2)CC1. The summed E-state index contributed by atoms with van der Waals surface area (Å²) in [4.78, 5) is 30.6. The monoisotopic (exact) mass is 374 g/mol. The number of piperidine rings is 1. The number of rotatable bonds is 5. The molecule has 1 aromatic carbocycles. The first-order valence-electron chi connectivity index (χ1n) is 9.19. The molecule has 0 spiro atoms. The summed E-state index contributed by atoms with van der Waals surface area (Å²) in [7, 11) is 0. The van der Waals surface area contributed by atoms with E-state index in [0.717, 1.165) is 36.6 Å². The number of amides is 2. The average Bonchev–Trinajstić information content (AvgIpc) is 3.08. The van der Waals surface area contributed by atoms with Crippen molar-refractivity contribution in [3.8, 4) is 0 Å². The average molecular weight is 375 g/mol.